The quantitative estimate of drug-likeness (QED) is 0.875. The van der Waals surface area contributed by atoms with Gasteiger partial charge in [0.15, 0.2) is 5.82 Å². The predicted molar refractivity (Wildman–Crippen MR) is 67.1 cm³/mol. The minimum absolute atomic E-state index is 0.0529. The van der Waals surface area contributed by atoms with Gasteiger partial charge in [-0.05, 0) is 24.1 Å². The molecule has 0 fully saturated rings. The number of aromatic nitrogens is 2. The van der Waals surface area contributed by atoms with Crippen molar-refractivity contribution >= 4 is 11.6 Å². The molecule has 0 saturated carbocycles. The minimum Gasteiger partial charge on any atom is -0.396 e. The minimum atomic E-state index is -0.491. The lowest BCUT2D eigenvalue weighted by molar-refractivity contribution is 0.259. The molecule has 1 unspecified atom stereocenters. The first-order valence-corrected chi connectivity index (χ1v) is 6.11. The van der Waals surface area contributed by atoms with E-state index < -0.39 is 11.9 Å². The average molecular weight is 286 g/mol. The summed E-state index contributed by atoms with van der Waals surface area (Å²) in [5, 5.41) is 12.9. The van der Waals surface area contributed by atoms with Gasteiger partial charge in [-0.15, -0.1) is 0 Å². The molecule has 0 amide bonds. The number of hydrogen-bond acceptors (Lipinski definition) is 5. The highest BCUT2D eigenvalue weighted by Crippen LogP contribution is 2.20. The van der Waals surface area contributed by atoms with Crippen molar-refractivity contribution in [2.75, 3.05) is 6.61 Å². The van der Waals surface area contributed by atoms with Crippen molar-refractivity contribution in [1.29, 1.82) is 0 Å². The molecule has 2 aromatic rings. The van der Waals surface area contributed by atoms with E-state index in [0.29, 0.717) is 29.3 Å². The van der Waals surface area contributed by atoms with Gasteiger partial charge in [-0.2, -0.15) is 4.98 Å². The van der Waals surface area contributed by atoms with Crippen LogP contribution in [0.4, 0.5) is 4.39 Å². The van der Waals surface area contributed by atoms with Crippen LogP contribution in [0.25, 0.3) is 0 Å². The predicted octanol–water partition coefficient (Wildman–Crippen LogP) is 1.84. The van der Waals surface area contributed by atoms with Gasteiger partial charge in [-0.1, -0.05) is 22.8 Å². The molecule has 3 N–H and O–H groups in total. The molecule has 0 radical (unpaired) electrons. The van der Waals surface area contributed by atoms with Crippen LogP contribution in [-0.4, -0.2) is 21.9 Å². The smallest absolute Gasteiger partial charge is 0.243 e. The van der Waals surface area contributed by atoms with E-state index in [9.17, 15) is 4.39 Å². The summed E-state index contributed by atoms with van der Waals surface area (Å²) in [4.78, 5) is 4.12. The molecule has 19 heavy (non-hydrogen) atoms. The highest BCUT2D eigenvalue weighted by Gasteiger charge is 2.15. The number of aliphatic hydroxyl groups is 1. The monoisotopic (exact) mass is 285 g/mol. The molecule has 2 rings (SSSR count). The molecule has 5 nitrogen and oxygen atoms in total. The Balaban J connectivity index is 2.11. The van der Waals surface area contributed by atoms with E-state index in [0.717, 1.165) is 0 Å². The molecule has 1 atom stereocenters. The van der Waals surface area contributed by atoms with Gasteiger partial charge in [0, 0.05) is 18.1 Å². The Bertz CT molecular complexity index is 562. The van der Waals surface area contributed by atoms with Crippen LogP contribution >= 0.6 is 11.6 Å². The normalized spacial score (nSPS) is 12.6. The highest BCUT2D eigenvalue weighted by atomic mass is 35.5. The molecule has 0 aliphatic carbocycles. The zero-order valence-corrected chi connectivity index (χ0v) is 10.8. The third kappa shape index (κ3) is 3.50. The summed E-state index contributed by atoms with van der Waals surface area (Å²) in [6.45, 7) is -0.0529. The van der Waals surface area contributed by atoms with Crippen LogP contribution in [-0.2, 0) is 6.42 Å². The maximum Gasteiger partial charge on any atom is 0.243 e. The molecule has 0 aliphatic rings. The summed E-state index contributed by atoms with van der Waals surface area (Å²) in [6, 6.07) is 3.63. The van der Waals surface area contributed by atoms with Crippen LogP contribution in [0.2, 0.25) is 5.02 Å². The average Bonchev–Trinajstić information content (AvgIpc) is 2.82. The lowest BCUT2D eigenvalue weighted by atomic mass is 10.1. The largest absolute Gasteiger partial charge is 0.396 e. The Morgan fingerprint density at radius 3 is 2.95 bits per heavy atom. The van der Waals surface area contributed by atoms with E-state index >= 15 is 0 Å². The van der Waals surface area contributed by atoms with Crippen molar-refractivity contribution in [2.24, 2.45) is 5.73 Å². The number of nitrogens with two attached hydrogens (primary N) is 1. The Kier molecular flexibility index (Phi) is 4.47. The number of aliphatic hydroxyl groups excluding tert-OH is 1. The molecule has 0 spiro atoms. The first-order chi connectivity index (χ1) is 9.10. The van der Waals surface area contributed by atoms with Gasteiger partial charge in [-0.25, -0.2) is 4.39 Å². The van der Waals surface area contributed by atoms with Crippen LogP contribution in [0.1, 0.15) is 29.7 Å². The first-order valence-electron chi connectivity index (χ1n) is 5.73. The van der Waals surface area contributed by atoms with E-state index in [1.807, 2.05) is 0 Å². The maximum absolute atomic E-state index is 12.9. The Labute approximate surface area is 114 Å². The molecule has 0 saturated heterocycles. The van der Waals surface area contributed by atoms with E-state index in [-0.39, 0.29) is 12.5 Å². The maximum atomic E-state index is 12.9. The molecular formula is C12H13ClFN3O2. The van der Waals surface area contributed by atoms with Crippen molar-refractivity contribution in [3.8, 4) is 0 Å². The second-order valence-electron chi connectivity index (χ2n) is 4.08. The number of benzene rings is 1. The fraction of sp³-hybridized carbons (Fsp3) is 0.333. The second-order valence-corrected chi connectivity index (χ2v) is 4.49. The number of rotatable bonds is 5. The second kappa shape index (κ2) is 6.10. The van der Waals surface area contributed by atoms with Crippen molar-refractivity contribution in [2.45, 2.75) is 18.9 Å². The summed E-state index contributed by atoms with van der Waals surface area (Å²) in [6.07, 6.45) is 0.674. The molecule has 1 heterocycles. The molecule has 1 aromatic heterocycles. The van der Waals surface area contributed by atoms with Crippen LogP contribution < -0.4 is 5.73 Å². The summed E-state index contributed by atoms with van der Waals surface area (Å²) >= 11 is 5.91. The first kappa shape index (κ1) is 13.9. The van der Waals surface area contributed by atoms with Crippen LogP contribution in [0.15, 0.2) is 22.7 Å². The van der Waals surface area contributed by atoms with E-state index in [2.05, 4.69) is 10.1 Å². The Morgan fingerprint density at radius 2 is 2.26 bits per heavy atom. The van der Waals surface area contributed by atoms with E-state index in [4.69, 9.17) is 27.0 Å². The lowest BCUT2D eigenvalue weighted by Gasteiger charge is -2.02. The number of nitrogens with zero attached hydrogens (tertiary/aromatic N) is 2. The third-order valence-corrected chi connectivity index (χ3v) is 2.96. The van der Waals surface area contributed by atoms with Crippen LogP contribution in [0, 0.1) is 5.82 Å². The zero-order valence-electron chi connectivity index (χ0n) is 10.0. The van der Waals surface area contributed by atoms with Crippen molar-refractivity contribution in [3.63, 3.8) is 0 Å². The van der Waals surface area contributed by atoms with Gasteiger partial charge < -0.3 is 15.4 Å². The Hall–Kier alpha value is -1.50. The standard InChI is InChI=1S/C12H13ClFN3O2/c13-9-6-8(14)2-1-7(9)5-11-16-12(19-17-11)10(15)3-4-18/h1-2,6,10,18H,3-5,15H2. The van der Waals surface area contributed by atoms with Gasteiger partial charge in [0.2, 0.25) is 5.89 Å². The molecule has 0 aliphatic heterocycles. The van der Waals surface area contributed by atoms with Crippen LogP contribution in [0.5, 0.6) is 0 Å². The van der Waals surface area contributed by atoms with Gasteiger partial charge >= 0.3 is 0 Å². The van der Waals surface area contributed by atoms with Gasteiger partial charge in [0.1, 0.15) is 5.82 Å². The van der Waals surface area contributed by atoms with Crippen molar-refractivity contribution in [1.82, 2.24) is 10.1 Å². The topological polar surface area (TPSA) is 85.2 Å². The van der Waals surface area contributed by atoms with Crippen LogP contribution in [0.3, 0.4) is 0 Å². The lowest BCUT2D eigenvalue weighted by Crippen LogP contribution is -2.12. The third-order valence-electron chi connectivity index (χ3n) is 2.60. The number of hydrogen-bond donors (Lipinski definition) is 2. The SMILES string of the molecule is NC(CCO)c1nc(Cc2ccc(F)cc2Cl)no1. The van der Waals surface area contributed by atoms with Crippen molar-refractivity contribution < 1.29 is 14.0 Å². The zero-order chi connectivity index (χ0) is 13.8. The summed E-state index contributed by atoms with van der Waals surface area (Å²) in [5.41, 5.74) is 6.43. The number of halogens is 2. The fourth-order valence-corrected chi connectivity index (χ4v) is 1.82. The van der Waals surface area contributed by atoms with Crippen molar-refractivity contribution in [3.05, 3.63) is 46.3 Å². The fourth-order valence-electron chi connectivity index (χ4n) is 1.59. The van der Waals surface area contributed by atoms with Gasteiger partial charge in [0.05, 0.1) is 6.04 Å². The molecule has 1 aromatic carbocycles. The molecular weight excluding hydrogens is 273 g/mol. The summed E-state index contributed by atoms with van der Waals surface area (Å²) < 4.78 is 17.9. The van der Waals surface area contributed by atoms with E-state index in [1.165, 1.54) is 12.1 Å². The van der Waals surface area contributed by atoms with Gasteiger partial charge in [0.25, 0.3) is 0 Å². The molecule has 0 bridgehead atoms. The van der Waals surface area contributed by atoms with Gasteiger partial charge in [-0.3, -0.25) is 0 Å². The Morgan fingerprint density at radius 1 is 1.47 bits per heavy atom. The molecule has 7 heteroatoms. The summed E-state index contributed by atoms with van der Waals surface area (Å²) in [7, 11) is 0. The highest BCUT2D eigenvalue weighted by molar-refractivity contribution is 6.31. The summed E-state index contributed by atoms with van der Waals surface area (Å²) in [5.74, 6) is 0.284. The molecule has 102 valence electrons. The van der Waals surface area contributed by atoms with E-state index in [1.54, 1.807) is 6.07 Å².